The first kappa shape index (κ1) is 19.4. The predicted octanol–water partition coefficient (Wildman–Crippen LogP) is 2.76. The Morgan fingerprint density at radius 2 is 1.68 bits per heavy atom. The van der Waals surface area contributed by atoms with E-state index in [-0.39, 0.29) is 11.8 Å². The Labute approximate surface area is 168 Å². The van der Waals surface area contributed by atoms with Crippen LogP contribution < -0.4 is 0 Å². The Kier molecular flexibility index (Phi) is 6.00. The van der Waals surface area contributed by atoms with Crippen molar-refractivity contribution in [1.29, 1.82) is 0 Å². The average Bonchev–Trinajstić information content (AvgIpc) is 3.59. The summed E-state index contributed by atoms with van der Waals surface area (Å²) in [5.74, 6) is 1.09. The number of nitrogens with zero attached hydrogens (tertiary/aromatic N) is 3. The minimum Gasteiger partial charge on any atom is -0.342 e. The molecule has 2 amide bonds. The van der Waals surface area contributed by atoms with Crippen molar-refractivity contribution in [3.8, 4) is 0 Å². The lowest BCUT2D eigenvalue weighted by Gasteiger charge is -2.42. The van der Waals surface area contributed by atoms with Crippen molar-refractivity contribution in [3.63, 3.8) is 0 Å². The van der Waals surface area contributed by atoms with E-state index in [0.717, 1.165) is 64.7 Å². The molecule has 2 heterocycles. The van der Waals surface area contributed by atoms with Crippen LogP contribution in [0.4, 0.5) is 0 Å². The molecule has 3 aliphatic rings. The maximum absolute atomic E-state index is 13.0. The lowest BCUT2D eigenvalue weighted by Crippen LogP contribution is -2.51. The van der Waals surface area contributed by atoms with Crippen LogP contribution in [0.3, 0.4) is 0 Å². The summed E-state index contributed by atoms with van der Waals surface area (Å²) in [6, 6.07) is 10.7. The summed E-state index contributed by atoms with van der Waals surface area (Å²) in [4.78, 5) is 31.8. The van der Waals surface area contributed by atoms with Crippen LogP contribution in [0.2, 0.25) is 0 Å². The standard InChI is InChI=1S/C23H33N3O2/c1-24(16-18-6-3-2-4-7-18)22(27)20-8-5-13-26(17-20)21-11-14-25(15-12-21)23(28)19-9-10-19/h2-4,6-7,19-21H,5,8-17H2,1H3/t20-/m1/s1. The zero-order chi connectivity index (χ0) is 19.5. The Balaban J connectivity index is 1.28. The fraction of sp³-hybridized carbons (Fsp3) is 0.652. The first-order valence-electron chi connectivity index (χ1n) is 10.9. The van der Waals surface area contributed by atoms with Gasteiger partial charge < -0.3 is 9.80 Å². The SMILES string of the molecule is CN(Cc1ccccc1)C(=O)[C@@H]1CCCN(C2CCN(C(=O)C3CC3)CC2)C1. The number of rotatable bonds is 5. The quantitative estimate of drug-likeness (QED) is 0.785. The Hall–Kier alpha value is -1.88. The van der Waals surface area contributed by atoms with E-state index in [9.17, 15) is 9.59 Å². The molecular formula is C23H33N3O2. The minimum absolute atomic E-state index is 0.105. The zero-order valence-corrected chi connectivity index (χ0v) is 17.1. The number of likely N-dealkylation sites (tertiary alicyclic amines) is 2. The molecule has 2 aliphatic heterocycles. The van der Waals surface area contributed by atoms with E-state index in [1.807, 2.05) is 30.1 Å². The van der Waals surface area contributed by atoms with Crippen molar-refractivity contribution >= 4 is 11.8 Å². The van der Waals surface area contributed by atoms with E-state index in [4.69, 9.17) is 0 Å². The van der Waals surface area contributed by atoms with Crippen LogP contribution in [-0.4, -0.2) is 65.8 Å². The lowest BCUT2D eigenvalue weighted by molar-refractivity contribution is -0.137. The second kappa shape index (κ2) is 8.64. The number of carbonyl (C=O) groups excluding carboxylic acids is 2. The third-order valence-corrected chi connectivity index (χ3v) is 6.66. The van der Waals surface area contributed by atoms with Gasteiger partial charge in [0.05, 0.1) is 5.92 Å². The maximum atomic E-state index is 13.0. The fourth-order valence-corrected chi connectivity index (χ4v) is 4.83. The molecule has 0 aromatic heterocycles. The molecule has 1 atom stereocenters. The molecular weight excluding hydrogens is 350 g/mol. The van der Waals surface area contributed by atoms with Gasteiger partial charge in [0.2, 0.25) is 11.8 Å². The van der Waals surface area contributed by atoms with Gasteiger partial charge in [-0.25, -0.2) is 0 Å². The van der Waals surface area contributed by atoms with Crippen LogP contribution in [-0.2, 0) is 16.1 Å². The molecule has 2 saturated heterocycles. The minimum atomic E-state index is 0.105. The van der Waals surface area contributed by atoms with Crippen molar-refractivity contribution in [2.75, 3.05) is 33.2 Å². The Morgan fingerprint density at radius 1 is 0.964 bits per heavy atom. The molecule has 4 rings (SSSR count). The highest BCUT2D eigenvalue weighted by molar-refractivity contribution is 5.81. The molecule has 1 aliphatic carbocycles. The molecule has 1 aromatic rings. The number of carbonyl (C=O) groups is 2. The summed E-state index contributed by atoms with van der Waals surface area (Å²) in [6.45, 7) is 4.43. The van der Waals surface area contributed by atoms with Crippen molar-refractivity contribution in [3.05, 3.63) is 35.9 Å². The van der Waals surface area contributed by atoms with Crippen molar-refractivity contribution in [2.24, 2.45) is 11.8 Å². The largest absolute Gasteiger partial charge is 0.342 e. The highest BCUT2D eigenvalue weighted by Gasteiger charge is 2.37. The monoisotopic (exact) mass is 383 g/mol. The molecule has 1 aromatic carbocycles. The van der Waals surface area contributed by atoms with Gasteiger partial charge in [0.25, 0.3) is 0 Å². The van der Waals surface area contributed by atoms with E-state index in [0.29, 0.717) is 24.4 Å². The predicted molar refractivity (Wildman–Crippen MR) is 110 cm³/mol. The highest BCUT2D eigenvalue weighted by Crippen LogP contribution is 2.32. The van der Waals surface area contributed by atoms with Crippen LogP contribution >= 0.6 is 0 Å². The first-order chi connectivity index (χ1) is 13.6. The maximum Gasteiger partial charge on any atom is 0.227 e. The van der Waals surface area contributed by atoms with Gasteiger partial charge in [-0.2, -0.15) is 0 Å². The lowest BCUT2D eigenvalue weighted by atomic mass is 9.92. The second-order valence-corrected chi connectivity index (χ2v) is 8.84. The summed E-state index contributed by atoms with van der Waals surface area (Å²) in [5.41, 5.74) is 1.18. The van der Waals surface area contributed by atoms with E-state index in [2.05, 4.69) is 21.9 Å². The molecule has 0 unspecified atom stereocenters. The molecule has 0 spiro atoms. The summed E-state index contributed by atoms with van der Waals surface area (Å²) in [5, 5.41) is 0. The second-order valence-electron chi connectivity index (χ2n) is 8.84. The number of hydrogen-bond donors (Lipinski definition) is 0. The topological polar surface area (TPSA) is 43.9 Å². The van der Waals surface area contributed by atoms with Crippen LogP contribution in [0.15, 0.2) is 30.3 Å². The summed E-state index contributed by atoms with van der Waals surface area (Å²) < 4.78 is 0. The average molecular weight is 384 g/mol. The third-order valence-electron chi connectivity index (χ3n) is 6.66. The van der Waals surface area contributed by atoms with Crippen molar-refractivity contribution in [2.45, 2.75) is 51.1 Å². The number of benzene rings is 1. The van der Waals surface area contributed by atoms with Gasteiger partial charge in [0, 0.05) is 45.2 Å². The van der Waals surface area contributed by atoms with E-state index >= 15 is 0 Å². The van der Waals surface area contributed by atoms with Crippen LogP contribution in [0, 0.1) is 11.8 Å². The molecule has 152 valence electrons. The van der Waals surface area contributed by atoms with Gasteiger partial charge in [-0.1, -0.05) is 30.3 Å². The van der Waals surface area contributed by atoms with Gasteiger partial charge in [-0.15, -0.1) is 0 Å². The smallest absolute Gasteiger partial charge is 0.227 e. The molecule has 3 fully saturated rings. The van der Waals surface area contributed by atoms with Gasteiger partial charge in [-0.3, -0.25) is 14.5 Å². The molecule has 0 radical (unpaired) electrons. The van der Waals surface area contributed by atoms with Gasteiger partial charge in [0.15, 0.2) is 0 Å². The summed E-state index contributed by atoms with van der Waals surface area (Å²) >= 11 is 0. The van der Waals surface area contributed by atoms with Crippen LogP contribution in [0.25, 0.3) is 0 Å². The van der Waals surface area contributed by atoms with Crippen molar-refractivity contribution < 1.29 is 9.59 Å². The zero-order valence-electron chi connectivity index (χ0n) is 17.1. The number of piperidine rings is 2. The first-order valence-corrected chi connectivity index (χ1v) is 10.9. The van der Waals surface area contributed by atoms with Crippen LogP contribution in [0.1, 0.15) is 44.1 Å². The fourth-order valence-electron chi connectivity index (χ4n) is 4.83. The van der Waals surface area contributed by atoms with E-state index in [1.54, 1.807) is 0 Å². The van der Waals surface area contributed by atoms with E-state index in [1.165, 1.54) is 5.56 Å². The molecule has 0 bridgehead atoms. The molecule has 5 heteroatoms. The van der Waals surface area contributed by atoms with Gasteiger partial charge in [0.1, 0.15) is 0 Å². The Morgan fingerprint density at radius 3 is 2.36 bits per heavy atom. The molecule has 0 N–H and O–H groups in total. The molecule has 28 heavy (non-hydrogen) atoms. The summed E-state index contributed by atoms with van der Waals surface area (Å²) in [7, 11) is 1.93. The Bertz CT molecular complexity index is 680. The van der Waals surface area contributed by atoms with E-state index < -0.39 is 0 Å². The normalized spacial score (nSPS) is 24.2. The van der Waals surface area contributed by atoms with Crippen LogP contribution in [0.5, 0.6) is 0 Å². The third kappa shape index (κ3) is 4.57. The molecule has 5 nitrogen and oxygen atoms in total. The summed E-state index contributed by atoms with van der Waals surface area (Å²) in [6.07, 6.45) is 6.37. The molecule has 1 saturated carbocycles. The van der Waals surface area contributed by atoms with Crippen molar-refractivity contribution in [1.82, 2.24) is 14.7 Å². The number of amides is 2. The van der Waals surface area contributed by atoms with Gasteiger partial charge in [-0.05, 0) is 50.6 Å². The van der Waals surface area contributed by atoms with Gasteiger partial charge >= 0.3 is 0 Å². The highest BCUT2D eigenvalue weighted by atomic mass is 16.2. The number of hydrogen-bond acceptors (Lipinski definition) is 3.